The van der Waals surface area contributed by atoms with Gasteiger partial charge in [0.25, 0.3) is 0 Å². The summed E-state index contributed by atoms with van der Waals surface area (Å²) in [6.07, 6.45) is 0. The largest absolute Gasteiger partial charge is 0.368 e. The summed E-state index contributed by atoms with van der Waals surface area (Å²) in [7, 11) is 0. The Kier molecular flexibility index (Phi) is 3.53. The van der Waals surface area contributed by atoms with Crippen LogP contribution in [0.4, 0.5) is 0 Å². The lowest BCUT2D eigenvalue weighted by atomic mass is 10.1. The molecule has 78 valence electrons. The van der Waals surface area contributed by atoms with E-state index in [9.17, 15) is 4.79 Å². The van der Waals surface area contributed by atoms with Crippen molar-refractivity contribution in [3.63, 3.8) is 0 Å². The molecule has 1 rings (SSSR count). The minimum Gasteiger partial charge on any atom is -0.368 e. The summed E-state index contributed by atoms with van der Waals surface area (Å²) in [6.45, 7) is 4.11. The van der Waals surface area contributed by atoms with E-state index in [0.717, 1.165) is 9.90 Å². The summed E-state index contributed by atoms with van der Waals surface area (Å²) >= 11 is 7.32. The molecule has 0 saturated carbocycles. The van der Waals surface area contributed by atoms with E-state index < -0.39 is 5.54 Å². The average molecular weight is 233 g/mol. The van der Waals surface area contributed by atoms with Crippen LogP contribution in [0.3, 0.4) is 0 Å². The Labute approximate surface area is 92.3 Å². The number of amides is 1. The van der Waals surface area contributed by atoms with Crippen molar-refractivity contribution in [1.82, 2.24) is 5.32 Å². The maximum Gasteiger partial charge on any atom is 0.237 e. The molecule has 3 nitrogen and oxygen atoms in total. The first kappa shape index (κ1) is 11.5. The van der Waals surface area contributed by atoms with Crippen LogP contribution in [-0.4, -0.2) is 11.4 Å². The second-order valence-corrected chi connectivity index (χ2v) is 5.01. The van der Waals surface area contributed by atoms with Crippen molar-refractivity contribution >= 4 is 28.8 Å². The van der Waals surface area contributed by atoms with Crippen LogP contribution in [0.15, 0.2) is 11.4 Å². The van der Waals surface area contributed by atoms with Crippen LogP contribution < -0.4 is 11.1 Å². The van der Waals surface area contributed by atoms with Gasteiger partial charge in [-0.05, 0) is 19.9 Å². The average Bonchev–Trinajstić information content (AvgIpc) is 2.48. The van der Waals surface area contributed by atoms with Crippen LogP contribution in [-0.2, 0) is 11.3 Å². The Morgan fingerprint density at radius 2 is 2.36 bits per heavy atom. The molecule has 0 radical (unpaired) electrons. The molecule has 1 aromatic heterocycles. The second kappa shape index (κ2) is 4.29. The van der Waals surface area contributed by atoms with Crippen molar-refractivity contribution in [1.29, 1.82) is 0 Å². The first-order chi connectivity index (χ1) is 6.42. The maximum atomic E-state index is 11.0. The number of primary amides is 1. The Morgan fingerprint density at radius 3 is 2.79 bits per heavy atom. The third-order valence-electron chi connectivity index (χ3n) is 1.94. The Hall–Kier alpha value is -0.580. The highest BCUT2D eigenvalue weighted by atomic mass is 35.5. The van der Waals surface area contributed by atoms with Crippen LogP contribution in [0.2, 0.25) is 5.02 Å². The van der Waals surface area contributed by atoms with E-state index in [-0.39, 0.29) is 5.91 Å². The summed E-state index contributed by atoms with van der Waals surface area (Å²) in [5.74, 6) is -0.361. The topological polar surface area (TPSA) is 55.1 Å². The predicted molar refractivity (Wildman–Crippen MR) is 59.4 cm³/mol. The molecule has 14 heavy (non-hydrogen) atoms. The Balaban J connectivity index is 2.52. The minimum absolute atomic E-state index is 0.361. The molecule has 3 N–H and O–H groups in total. The van der Waals surface area contributed by atoms with E-state index >= 15 is 0 Å². The number of carbonyl (C=O) groups excluding carboxylic acids is 1. The highest BCUT2D eigenvalue weighted by molar-refractivity contribution is 7.10. The summed E-state index contributed by atoms with van der Waals surface area (Å²) in [6, 6.07) is 1.87. The van der Waals surface area contributed by atoms with E-state index in [1.165, 1.54) is 0 Å². The third-order valence-corrected chi connectivity index (χ3v) is 3.23. The molecule has 5 heteroatoms. The predicted octanol–water partition coefficient (Wildman–Crippen LogP) is 1.75. The van der Waals surface area contributed by atoms with Gasteiger partial charge in [0.15, 0.2) is 0 Å². The number of halogens is 1. The number of hydrogen-bond donors (Lipinski definition) is 2. The van der Waals surface area contributed by atoms with Gasteiger partial charge in [0.05, 0.1) is 10.6 Å². The maximum absolute atomic E-state index is 11.0. The van der Waals surface area contributed by atoms with Crippen molar-refractivity contribution in [3.8, 4) is 0 Å². The fourth-order valence-corrected chi connectivity index (χ4v) is 1.85. The number of nitrogens with two attached hydrogens (primary N) is 1. The number of nitrogens with one attached hydrogen (secondary N) is 1. The minimum atomic E-state index is -0.684. The van der Waals surface area contributed by atoms with E-state index in [0.29, 0.717) is 6.54 Å². The summed E-state index contributed by atoms with van der Waals surface area (Å²) < 4.78 is 0. The molecule has 1 amide bonds. The molecule has 0 bridgehead atoms. The zero-order chi connectivity index (χ0) is 10.8. The van der Waals surface area contributed by atoms with Crippen molar-refractivity contribution < 1.29 is 4.79 Å². The van der Waals surface area contributed by atoms with Gasteiger partial charge >= 0.3 is 0 Å². The van der Waals surface area contributed by atoms with E-state index in [1.807, 2.05) is 11.4 Å². The molecular weight excluding hydrogens is 220 g/mol. The summed E-state index contributed by atoms with van der Waals surface area (Å²) in [4.78, 5) is 12.1. The van der Waals surface area contributed by atoms with Crippen LogP contribution in [0, 0.1) is 0 Å². The highest BCUT2D eigenvalue weighted by Crippen LogP contribution is 2.19. The van der Waals surface area contributed by atoms with E-state index in [1.54, 1.807) is 25.2 Å². The normalized spacial score (nSPS) is 11.6. The summed E-state index contributed by atoms with van der Waals surface area (Å²) in [5.41, 5.74) is 4.53. The zero-order valence-corrected chi connectivity index (χ0v) is 9.71. The molecule has 0 saturated heterocycles. The van der Waals surface area contributed by atoms with Crippen LogP contribution in [0.5, 0.6) is 0 Å². The van der Waals surface area contributed by atoms with Gasteiger partial charge in [0.2, 0.25) is 5.91 Å². The molecule has 1 heterocycles. The van der Waals surface area contributed by atoms with Gasteiger partial charge in [0.1, 0.15) is 0 Å². The van der Waals surface area contributed by atoms with Crippen molar-refractivity contribution in [2.24, 2.45) is 5.73 Å². The standard InChI is InChI=1S/C9H13ClN2OS/c1-9(2,8(11)13)12-4-7-3-6(10)5-14-7/h3,5,12H,4H2,1-2H3,(H2,11,13). The van der Waals surface area contributed by atoms with Gasteiger partial charge in [0, 0.05) is 16.8 Å². The van der Waals surface area contributed by atoms with Crippen LogP contribution >= 0.6 is 22.9 Å². The van der Waals surface area contributed by atoms with E-state index in [2.05, 4.69) is 5.32 Å². The molecule has 0 aromatic carbocycles. The quantitative estimate of drug-likeness (QED) is 0.831. The molecule has 0 unspecified atom stereocenters. The summed E-state index contributed by atoms with van der Waals surface area (Å²) in [5, 5.41) is 5.65. The van der Waals surface area contributed by atoms with Crippen molar-refractivity contribution in [2.45, 2.75) is 25.9 Å². The first-order valence-corrected chi connectivity index (χ1v) is 5.45. The number of rotatable bonds is 4. The lowest BCUT2D eigenvalue weighted by molar-refractivity contribution is -0.123. The first-order valence-electron chi connectivity index (χ1n) is 4.19. The zero-order valence-electron chi connectivity index (χ0n) is 8.13. The highest BCUT2D eigenvalue weighted by Gasteiger charge is 2.23. The number of carbonyl (C=O) groups is 1. The number of thiophene rings is 1. The third kappa shape index (κ3) is 2.97. The Bertz CT molecular complexity index is 335. The number of hydrogen-bond acceptors (Lipinski definition) is 3. The van der Waals surface area contributed by atoms with Gasteiger partial charge in [-0.1, -0.05) is 11.6 Å². The van der Waals surface area contributed by atoms with Crippen molar-refractivity contribution in [2.75, 3.05) is 0 Å². The molecule has 0 aliphatic carbocycles. The smallest absolute Gasteiger partial charge is 0.237 e. The molecule has 0 spiro atoms. The lowest BCUT2D eigenvalue weighted by Crippen LogP contribution is -2.50. The molecule has 0 aliphatic heterocycles. The van der Waals surface area contributed by atoms with Gasteiger partial charge in [-0.25, -0.2) is 0 Å². The fraction of sp³-hybridized carbons (Fsp3) is 0.444. The van der Waals surface area contributed by atoms with Crippen LogP contribution in [0.1, 0.15) is 18.7 Å². The van der Waals surface area contributed by atoms with Gasteiger partial charge < -0.3 is 5.73 Å². The molecule has 1 aromatic rings. The fourth-order valence-electron chi connectivity index (χ4n) is 0.842. The second-order valence-electron chi connectivity index (χ2n) is 3.57. The van der Waals surface area contributed by atoms with Gasteiger partial charge in [-0.2, -0.15) is 0 Å². The molecule has 0 aliphatic rings. The van der Waals surface area contributed by atoms with E-state index in [4.69, 9.17) is 17.3 Å². The molecule has 0 atom stereocenters. The molecular formula is C9H13ClN2OS. The van der Waals surface area contributed by atoms with Gasteiger partial charge in [-0.3, -0.25) is 10.1 Å². The van der Waals surface area contributed by atoms with Gasteiger partial charge in [-0.15, -0.1) is 11.3 Å². The molecule has 0 fully saturated rings. The van der Waals surface area contributed by atoms with Crippen LogP contribution in [0.25, 0.3) is 0 Å². The van der Waals surface area contributed by atoms with Crippen molar-refractivity contribution in [3.05, 3.63) is 21.3 Å². The monoisotopic (exact) mass is 232 g/mol. The SMILES string of the molecule is CC(C)(NCc1cc(Cl)cs1)C(N)=O. The lowest BCUT2D eigenvalue weighted by Gasteiger charge is -2.21. The Morgan fingerprint density at radius 1 is 1.71 bits per heavy atom.